The predicted octanol–water partition coefficient (Wildman–Crippen LogP) is 10.6. The molecular weight excluding hydrogens is 677 g/mol. The highest BCUT2D eigenvalue weighted by Crippen LogP contribution is 2.36. The van der Waals surface area contributed by atoms with Gasteiger partial charge in [-0.1, -0.05) is 104 Å². The van der Waals surface area contributed by atoms with Gasteiger partial charge in [-0.25, -0.2) is 4.68 Å². The van der Waals surface area contributed by atoms with Crippen molar-refractivity contribution in [1.82, 2.24) is 23.7 Å². The molecule has 46 heavy (non-hydrogen) atoms. The van der Waals surface area contributed by atoms with Crippen molar-refractivity contribution in [3.05, 3.63) is 66.9 Å². The second-order valence-electron chi connectivity index (χ2n) is 11.1. The van der Waals surface area contributed by atoms with Crippen LogP contribution in [0.5, 0.6) is 17.4 Å². The standard InChI is InChI=1S/C34H36Cl3N5O2SSi/c1-2-23-43-28-16-12-26(13-17-28)30-20-21-31(34-33(30)39-45-40-34)27-14-18-29(19-15-27)44-32-25-42(41-38-32)22-10-8-6-4-3-5-7-9-11-24-46(35,36)37/h1,12-21,25H,3-11,22-24H2. The number of unbranched alkanes of at least 4 members (excludes halogenated alkanes) is 8. The molecule has 0 atom stereocenters. The Kier molecular flexibility index (Phi) is 12.7. The molecule has 3 aromatic carbocycles. The highest BCUT2D eigenvalue weighted by molar-refractivity contribution is 7.64. The molecular formula is C34H36Cl3N5O2SSi. The van der Waals surface area contributed by atoms with Gasteiger partial charge >= 0.3 is 6.00 Å². The van der Waals surface area contributed by atoms with Gasteiger partial charge in [-0.3, -0.25) is 0 Å². The molecule has 2 heterocycles. The van der Waals surface area contributed by atoms with E-state index in [9.17, 15) is 0 Å². The van der Waals surface area contributed by atoms with Crippen molar-refractivity contribution in [3.63, 3.8) is 0 Å². The highest BCUT2D eigenvalue weighted by atomic mass is 35.8. The van der Waals surface area contributed by atoms with E-state index < -0.39 is 6.00 Å². The quantitative estimate of drug-likeness (QED) is 0.0390. The number of aryl methyl sites for hydroxylation is 1. The van der Waals surface area contributed by atoms with Gasteiger partial charge in [0.05, 0.1) is 17.9 Å². The molecule has 0 N–H and O–H groups in total. The zero-order valence-electron chi connectivity index (χ0n) is 25.5. The molecule has 12 heteroatoms. The zero-order valence-corrected chi connectivity index (χ0v) is 29.6. The van der Waals surface area contributed by atoms with Crippen LogP contribution in [0.2, 0.25) is 6.04 Å². The van der Waals surface area contributed by atoms with Crippen LogP contribution in [0.1, 0.15) is 57.8 Å². The maximum Gasteiger partial charge on any atom is 0.341 e. The minimum atomic E-state index is -2.44. The molecule has 0 spiro atoms. The van der Waals surface area contributed by atoms with Gasteiger partial charge in [0.2, 0.25) is 0 Å². The molecule has 7 nitrogen and oxygen atoms in total. The lowest BCUT2D eigenvalue weighted by Gasteiger charge is -2.09. The van der Waals surface area contributed by atoms with Crippen molar-refractivity contribution in [2.24, 2.45) is 0 Å². The third-order valence-corrected chi connectivity index (χ3v) is 10.8. The number of terminal acetylenes is 1. The maximum absolute atomic E-state index is 5.99. The van der Waals surface area contributed by atoms with Gasteiger partial charge in [0, 0.05) is 17.7 Å². The maximum atomic E-state index is 5.99. The minimum absolute atomic E-state index is 0.241. The van der Waals surface area contributed by atoms with Crippen LogP contribution >= 0.6 is 45.0 Å². The van der Waals surface area contributed by atoms with Gasteiger partial charge < -0.3 is 9.47 Å². The summed E-state index contributed by atoms with van der Waals surface area (Å²) < 4.78 is 22.6. The molecule has 0 bridgehead atoms. The summed E-state index contributed by atoms with van der Waals surface area (Å²) in [7, 11) is 0. The first kappa shape index (κ1) is 34.2. The van der Waals surface area contributed by atoms with E-state index >= 15 is 0 Å². The van der Waals surface area contributed by atoms with Crippen LogP contribution in [0.4, 0.5) is 0 Å². The van der Waals surface area contributed by atoms with E-state index in [1.807, 2.05) is 59.4 Å². The molecule has 240 valence electrons. The summed E-state index contributed by atoms with van der Waals surface area (Å²) in [5, 5.41) is 8.44. The summed E-state index contributed by atoms with van der Waals surface area (Å²) in [6.07, 6.45) is 17.8. The number of halogens is 3. The Morgan fingerprint density at radius 2 is 1.26 bits per heavy atom. The first-order valence-electron chi connectivity index (χ1n) is 15.6. The Morgan fingerprint density at radius 3 is 1.83 bits per heavy atom. The van der Waals surface area contributed by atoms with Crippen LogP contribution in [-0.2, 0) is 6.54 Å². The summed E-state index contributed by atoms with van der Waals surface area (Å²) in [6, 6.07) is 18.3. The second-order valence-corrected chi connectivity index (χ2v) is 20.9. The van der Waals surface area contributed by atoms with Crippen molar-refractivity contribution in [1.29, 1.82) is 0 Å². The number of aromatic nitrogens is 5. The fourth-order valence-corrected chi connectivity index (χ4v) is 7.71. The van der Waals surface area contributed by atoms with E-state index in [1.54, 1.807) is 0 Å². The number of hydrogen-bond acceptors (Lipinski definition) is 7. The third-order valence-electron chi connectivity index (χ3n) is 7.66. The van der Waals surface area contributed by atoms with Crippen molar-refractivity contribution in [3.8, 4) is 52.0 Å². The fraction of sp³-hybridized carbons (Fsp3) is 0.353. The van der Waals surface area contributed by atoms with Crippen LogP contribution in [0.25, 0.3) is 33.3 Å². The van der Waals surface area contributed by atoms with E-state index in [0.29, 0.717) is 11.6 Å². The average Bonchev–Trinajstić information content (AvgIpc) is 3.73. The number of rotatable bonds is 18. The van der Waals surface area contributed by atoms with Gasteiger partial charge in [0.1, 0.15) is 29.1 Å². The summed E-state index contributed by atoms with van der Waals surface area (Å²) >= 11 is 19.0. The van der Waals surface area contributed by atoms with E-state index in [2.05, 4.69) is 37.1 Å². The molecule has 5 rings (SSSR count). The van der Waals surface area contributed by atoms with Crippen LogP contribution in [0, 0.1) is 12.3 Å². The number of ether oxygens (including phenoxy) is 2. The van der Waals surface area contributed by atoms with E-state index in [4.69, 9.17) is 49.1 Å². The Hall–Kier alpha value is -3.13. The SMILES string of the molecule is C#CCOc1ccc(-c2ccc(-c3ccc(Oc4cn(CCCCCCCCCCC[Si](Cl)(Cl)Cl)nn4)cc3)c3nsnc23)cc1. The lowest BCUT2D eigenvalue weighted by Crippen LogP contribution is -2.07. The molecule has 0 amide bonds. The molecule has 0 saturated carbocycles. The van der Waals surface area contributed by atoms with Gasteiger partial charge in [-0.05, 0) is 47.9 Å². The summed E-state index contributed by atoms with van der Waals surface area (Å²) in [4.78, 5) is 0. The first-order valence-corrected chi connectivity index (χ1v) is 21.5. The number of benzene rings is 3. The molecule has 0 saturated heterocycles. The molecule has 0 fully saturated rings. The molecule has 0 aliphatic heterocycles. The predicted molar refractivity (Wildman–Crippen MR) is 192 cm³/mol. The molecule has 0 aliphatic carbocycles. The van der Waals surface area contributed by atoms with Gasteiger partial charge in [-0.15, -0.1) is 39.7 Å². The van der Waals surface area contributed by atoms with E-state index in [0.717, 1.165) is 70.9 Å². The normalized spacial score (nSPS) is 11.5. The van der Waals surface area contributed by atoms with Gasteiger partial charge in [0.25, 0.3) is 5.88 Å². The largest absolute Gasteiger partial charge is 0.481 e. The first-order chi connectivity index (χ1) is 22.4. The van der Waals surface area contributed by atoms with Crippen LogP contribution < -0.4 is 9.47 Å². The Labute approximate surface area is 289 Å². The van der Waals surface area contributed by atoms with E-state index in [1.165, 1.54) is 50.3 Å². The van der Waals surface area contributed by atoms with E-state index in [-0.39, 0.29) is 6.61 Å². The number of hydrogen-bond donors (Lipinski definition) is 0. The Bertz CT molecular complexity index is 1720. The van der Waals surface area contributed by atoms with Crippen LogP contribution in [0.15, 0.2) is 66.9 Å². The fourth-order valence-electron chi connectivity index (χ4n) is 5.28. The molecule has 5 aromatic rings. The molecule has 2 aromatic heterocycles. The minimum Gasteiger partial charge on any atom is -0.481 e. The topological polar surface area (TPSA) is 75.0 Å². The lowest BCUT2D eigenvalue weighted by atomic mass is 9.98. The van der Waals surface area contributed by atoms with Gasteiger partial charge in [0.15, 0.2) is 0 Å². The number of nitrogens with zero attached hydrogens (tertiary/aromatic N) is 5. The second kappa shape index (κ2) is 17.1. The van der Waals surface area contributed by atoms with Crippen LogP contribution in [-0.4, -0.2) is 36.4 Å². The third kappa shape index (κ3) is 10.2. The molecule has 0 radical (unpaired) electrons. The van der Waals surface area contributed by atoms with Crippen molar-refractivity contribution in [2.75, 3.05) is 6.61 Å². The Morgan fingerprint density at radius 1 is 0.717 bits per heavy atom. The van der Waals surface area contributed by atoms with Gasteiger partial charge in [-0.2, -0.15) is 8.75 Å². The zero-order chi connectivity index (χ0) is 32.2. The summed E-state index contributed by atoms with van der Waals surface area (Å²) in [6.45, 7) is 1.07. The lowest BCUT2D eigenvalue weighted by molar-refractivity contribution is 0.370. The molecule has 0 unspecified atom stereocenters. The highest BCUT2D eigenvalue weighted by Gasteiger charge is 2.23. The Balaban J connectivity index is 1.07. The van der Waals surface area contributed by atoms with Crippen molar-refractivity contribution in [2.45, 2.75) is 70.4 Å². The van der Waals surface area contributed by atoms with Crippen molar-refractivity contribution >= 4 is 62.0 Å². The molecule has 0 aliphatic rings. The number of fused-ring (bicyclic) bond motifs is 1. The summed E-state index contributed by atoms with van der Waals surface area (Å²) in [5.41, 5.74) is 5.82. The smallest absolute Gasteiger partial charge is 0.341 e. The monoisotopic (exact) mass is 711 g/mol. The van der Waals surface area contributed by atoms with Crippen molar-refractivity contribution < 1.29 is 9.47 Å². The summed E-state index contributed by atoms with van der Waals surface area (Å²) in [5.74, 6) is 4.39. The average molecular weight is 713 g/mol. The van der Waals surface area contributed by atoms with Crippen LogP contribution in [0.3, 0.4) is 0 Å².